The molecule has 0 aliphatic heterocycles. The summed E-state index contributed by atoms with van der Waals surface area (Å²) in [6, 6.07) is 8.55. The van der Waals surface area contributed by atoms with Crippen LogP contribution in [0.25, 0.3) is 0 Å². The van der Waals surface area contributed by atoms with Crippen LogP contribution in [0.4, 0.5) is 0 Å². The van der Waals surface area contributed by atoms with Gasteiger partial charge in [-0.15, -0.1) is 0 Å². The quantitative estimate of drug-likeness (QED) is 0.708. The summed E-state index contributed by atoms with van der Waals surface area (Å²) in [6.07, 6.45) is 3.51. The molecule has 0 aliphatic rings. The molecule has 102 valence electrons. The lowest BCUT2D eigenvalue weighted by Gasteiger charge is -2.33. The number of ether oxygens (including phenoxy) is 1. The molecule has 0 bridgehead atoms. The molecule has 0 radical (unpaired) electrons. The van der Waals surface area contributed by atoms with E-state index >= 15 is 0 Å². The van der Waals surface area contributed by atoms with Gasteiger partial charge in [0.1, 0.15) is 5.75 Å². The van der Waals surface area contributed by atoms with Gasteiger partial charge in [-0.1, -0.05) is 32.9 Å². The second-order valence-corrected chi connectivity index (χ2v) is 4.89. The molecule has 2 nitrogen and oxygen atoms in total. The predicted molar refractivity (Wildman–Crippen MR) is 78.4 cm³/mol. The Morgan fingerprint density at radius 2 is 1.67 bits per heavy atom. The SMILES string of the molecule is CCCNCC(CC)(CC)c1ccc(OC)cc1. The fourth-order valence-electron chi connectivity index (χ4n) is 2.46. The van der Waals surface area contributed by atoms with Crippen LogP contribution in [0.15, 0.2) is 24.3 Å². The van der Waals surface area contributed by atoms with Crippen molar-refractivity contribution < 1.29 is 4.74 Å². The molecule has 1 aromatic carbocycles. The van der Waals surface area contributed by atoms with Crippen molar-refractivity contribution in [1.82, 2.24) is 5.32 Å². The van der Waals surface area contributed by atoms with Crippen molar-refractivity contribution >= 4 is 0 Å². The largest absolute Gasteiger partial charge is 0.497 e. The Kier molecular flexibility index (Phi) is 6.20. The van der Waals surface area contributed by atoms with E-state index in [9.17, 15) is 0 Å². The first-order valence-corrected chi connectivity index (χ1v) is 7.07. The first-order chi connectivity index (χ1) is 8.72. The molecular weight excluding hydrogens is 222 g/mol. The van der Waals surface area contributed by atoms with Gasteiger partial charge in [0, 0.05) is 12.0 Å². The minimum Gasteiger partial charge on any atom is -0.497 e. The summed E-state index contributed by atoms with van der Waals surface area (Å²) in [5, 5.41) is 3.57. The highest BCUT2D eigenvalue weighted by atomic mass is 16.5. The lowest BCUT2D eigenvalue weighted by molar-refractivity contribution is 0.367. The number of benzene rings is 1. The van der Waals surface area contributed by atoms with Gasteiger partial charge >= 0.3 is 0 Å². The molecule has 0 unspecified atom stereocenters. The van der Waals surface area contributed by atoms with Crippen molar-refractivity contribution in [2.75, 3.05) is 20.2 Å². The first kappa shape index (κ1) is 15.0. The van der Waals surface area contributed by atoms with Gasteiger partial charge < -0.3 is 10.1 Å². The minimum atomic E-state index is 0.251. The fourth-order valence-corrected chi connectivity index (χ4v) is 2.46. The molecule has 0 aliphatic carbocycles. The number of nitrogens with one attached hydrogen (secondary N) is 1. The molecule has 0 heterocycles. The maximum absolute atomic E-state index is 5.23. The Bertz CT molecular complexity index is 327. The third-order valence-electron chi connectivity index (χ3n) is 3.95. The minimum absolute atomic E-state index is 0.251. The monoisotopic (exact) mass is 249 g/mol. The average Bonchev–Trinajstić information content (AvgIpc) is 2.44. The first-order valence-electron chi connectivity index (χ1n) is 7.07. The van der Waals surface area contributed by atoms with E-state index in [1.54, 1.807) is 7.11 Å². The third kappa shape index (κ3) is 3.49. The van der Waals surface area contributed by atoms with Crippen molar-refractivity contribution in [1.29, 1.82) is 0 Å². The van der Waals surface area contributed by atoms with Gasteiger partial charge in [-0.25, -0.2) is 0 Å². The van der Waals surface area contributed by atoms with Gasteiger partial charge in [-0.05, 0) is 43.5 Å². The number of hydrogen-bond donors (Lipinski definition) is 1. The predicted octanol–water partition coefficient (Wildman–Crippen LogP) is 3.75. The summed E-state index contributed by atoms with van der Waals surface area (Å²) in [5.41, 5.74) is 1.67. The second-order valence-electron chi connectivity index (χ2n) is 4.89. The summed E-state index contributed by atoms with van der Waals surface area (Å²) in [7, 11) is 1.71. The summed E-state index contributed by atoms with van der Waals surface area (Å²) in [4.78, 5) is 0. The maximum atomic E-state index is 5.23. The number of rotatable bonds is 8. The molecule has 2 heteroatoms. The molecule has 0 fully saturated rings. The van der Waals surface area contributed by atoms with Crippen LogP contribution in [0.3, 0.4) is 0 Å². The molecule has 0 spiro atoms. The zero-order chi connectivity index (χ0) is 13.4. The van der Waals surface area contributed by atoms with Crippen molar-refractivity contribution in [3.8, 4) is 5.75 Å². The van der Waals surface area contributed by atoms with Gasteiger partial charge in [0.05, 0.1) is 7.11 Å². The Balaban J connectivity index is 2.86. The molecule has 0 amide bonds. The van der Waals surface area contributed by atoms with Crippen LogP contribution in [0.1, 0.15) is 45.6 Å². The van der Waals surface area contributed by atoms with E-state index in [4.69, 9.17) is 4.74 Å². The zero-order valence-corrected chi connectivity index (χ0v) is 12.3. The van der Waals surface area contributed by atoms with Crippen LogP contribution in [0, 0.1) is 0 Å². The molecule has 1 aromatic rings. The van der Waals surface area contributed by atoms with Crippen molar-refractivity contribution in [3.63, 3.8) is 0 Å². The molecular formula is C16H27NO. The van der Waals surface area contributed by atoms with Gasteiger partial charge in [-0.2, -0.15) is 0 Å². The normalized spacial score (nSPS) is 11.6. The van der Waals surface area contributed by atoms with E-state index < -0.39 is 0 Å². The topological polar surface area (TPSA) is 21.3 Å². The molecule has 0 atom stereocenters. The highest BCUT2D eigenvalue weighted by Crippen LogP contribution is 2.32. The molecule has 0 aromatic heterocycles. The van der Waals surface area contributed by atoms with E-state index in [1.807, 2.05) is 0 Å². The van der Waals surface area contributed by atoms with E-state index in [-0.39, 0.29) is 5.41 Å². The third-order valence-corrected chi connectivity index (χ3v) is 3.95. The molecule has 1 rings (SSSR count). The standard InChI is InChI=1S/C16H27NO/c1-5-12-17-13-16(6-2,7-3)14-8-10-15(18-4)11-9-14/h8-11,17H,5-7,12-13H2,1-4H3. The van der Waals surface area contributed by atoms with Crippen LogP contribution >= 0.6 is 0 Å². The summed E-state index contributed by atoms with van der Waals surface area (Å²) < 4.78 is 5.23. The lowest BCUT2D eigenvalue weighted by atomic mass is 9.75. The molecule has 1 N–H and O–H groups in total. The second kappa shape index (κ2) is 7.42. The smallest absolute Gasteiger partial charge is 0.118 e. The summed E-state index contributed by atoms with van der Waals surface area (Å²) >= 11 is 0. The van der Waals surface area contributed by atoms with E-state index in [2.05, 4.69) is 50.4 Å². The van der Waals surface area contributed by atoms with Crippen molar-refractivity contribution in [3.05, 3.63) is 29.8 Å². The Morgan fingerprint density at radius 1 is 1.06 bits per heavy atom. The van der Waals surface area contributed by atoms with E-state index in [0.717, 1.165) is 31.7 Å². The van der Waals surface area contributed by atoms with Gasteiger partial charge in [0.25, 0.3) is 0 Å². The zero-order valence-electron chi connectivity index (χ0n) is 12.3. The highest BCUT2D eigenvalue weighted by molar-refractivity contribution is 5.32. The van der Waals surface area contributed by atoms with Crippen LogP contribution in [0.5, 0.6) is 5.75 Å². The molecule has 0 saturated heterocycles. The number of hydrogen-bond acceptors (Lipinski definition) is 2. The highest BCUT2D eigenvalue weighted by Gasteiger charge is 2.27. The van der Waals surface area contributed by atoms with Crippen LogP contribution in [-0.2, 0) is 5.41 Å². The average molecular weight is 249 g/mol. The van der Waals surface area contributed by atoms with Crippen LogP contribution in [0.2, 0.25) is 0 Å². The van der Waals surface area contributed by atoms with Gasteiger partial charge in [-0.3, -0.25) is 0 Å². The Hall–Kier alpha value is -1.02. The van der Waals surface area contributed by atoms with Crippen LogP contribution < -0.4 is 10.1 Å². The maximum Gasteiger partial charge on any atom is 0.118 e. The van der Waals surface area contributed by atoms with Gasteiger partial charge in [0.15, 0.2) is 0 Å². The Morgan fingerprint density at radius 3 is 2.11 bits per heavy atom. The van der Waals surface area contributed by atoms with Crippen LogP contribution in [-0.4, -0.2) is 20.2 Å². The van der Waals surface area contributed by atoms with Crippen molar-refractivity contribution in [2.45, 2.75) is 45.4 Å². The Labute approximate surface area is 112 Å². The number of methoxy groups -OCH3 is 1. The summed E-state index contributed by atoms with van der Waals surface area (Å²) in [5.74, 6) is 0.932. The lowest BCUT2D eigenvalue weighted by Crippen LogP contribution is -2.37. The molecule has 18 heavy (non-hydrogen) atoms. The molecule has 0 saturated carbocycles. The fraction of sp³-hybridized carbons (Fsp3) is 0.625. The van der Waals surface area contributed by atoms with Gasteiger partial charge in [0.2, 0.25) is 0 Å². The van der Waals surface area contributed by atoms with E-state index in [1.165, 1.54) is 12.0 Å². The van der Waals surface area contributed by atoms with Crippen molar-refractivity contribution in [2.24, 2.45) is 0 Å². The van der Waals surface area contributed by atoms with E-state index in [0.29, 0.717) is 0 Å². The summed E-state index contributed by atoms with van der Waals surface area (Å²) in [6.45, 7) is 8.92.